The number of ether oxygens (including phenoxy) is 2. The molecule has 1 aromatic rings. The number of anilines is 2. The Hall–Kier alpha value is -1.05. The molecule has 0 radical (unpaired) electrons. The van der Waals surface area contributed by atoms with Gasteiger partial charge < -0.3 is 25.2 Å². The lowest BCUT2D eigenvalue weighted by Gasteiger charge is -2.42. The van der Waals surface area contributed by atoms with E-state index in [1.807, 2.05) is 13.8 Å². The minimum absolute atomic E-state index is 0.00344. The first kappa shape index (κ1) is 13.4. The first-order valence-corrected chi connectivity index (χ1v) is 6.57. The van der Waals surface area contributed by atoms with Gasteiger partial charge >= 0.3 is 0 Å². The number of hydrogen-bond acceptors (Lipinski definition) is 7. The molecular weight excluding hydrogens is 254 g/mol. The predicted molar refractivity (Wildman–Crippen MR) is 71.3 cm³/mol. The van der Waals surface area contributed by atoms with Gasteiger partial charge in [-0.2, -0.15) is 4.37 Å². The molecule has 1 aliphatic heterocycles. The number of aliphatic hydroxyl groups excluding tert-OH is 1. The van der Waals surface area contributed by atoms with Crippen LogP contribution in [0.15, 0.2) is 0 Å². The molecule has 0 aliphatic carbocycles. The Morgan fingerprint density at radius 2 is 2.39 bits per heavy atom. The third-order valence-electron chi connectivity index (χ3n) is 2.83. The van der Waals surface area contributed by atoms with E-state index in [2.05, 4.69) is 9.27 Å². The van der Waals surface area contributed by atoms with Crippen molar-refractivity contribution in [2.45, 2.75) is 25.6 Å². The second kappa shape index (κ2) is 4.91. The van der Waals surface area contributed by atoms with E-state index in [0.717, 1.165) is 5.00 Å². The Morgan fingerprint density at radius 1 is 1.67 bits per heavy atom. The molecule has 2 rings (SSSR count). The van der Waals surface area contributed by atoms with Crippen molar-refractivity contribution >= 4 is 22.4 Å². The smallest absolute Gasteiger partial charge is 0.197 e. The number of morpholine rings is 1. The van der Waals surface area contributed by atoms with Crippen molar-refractivity contribution < 1.29 is 14.6 Å². The molecule has 7 heteroatoms. The highest BCUT2D eigenvalue weighted by atomic mass is 32.1. The molecule has 1 unspecified atom stereocenters. The summed E-state index contributed by atoms with van der Waals surface area (Å²) < 4.78 is 15.2. The van der Waals surface area contributed by atoms with E-state index in [9.17, 15) is 5.11 Å². The van der Waals surface area contributed by atoms with Gasteiger partial charge in [-0.15, -0.1) is 0 Å². The Labute approximate surface area is 110 Å². The van der Waals surface area contributed by atoms with Crippen LogP contribution in [0.2, 0.25) is 0 Å². The fourth-order valence-corrected chi connectivity index (χ4v) is 3.02. The van der Waals surface area contributed by atoms with Crippen molar-refractivity contribution in [1.82, 2.24) is 4.37 Å². The van der Waals surface area contributed by atoms with Gasteiger partial charge in [0.15, 0.2) is 16.6 Å². The van der Waals surface area contributed by atoms with Gasteiger partial charge in [0.1, 0.15) is 0 Å². The summed E-state index contributed by atoms with van der Waals surface area (Å²) in [5, 5.41) is 10.2. The average Bonchev–Trinajstić information content (AvgIpc) is 2.68. The third-order valence-corrected chi connectivity index (χ3v) is 3.74. The van der Waals surface area contributed by atoms with Crippen LogP contribution in [0.5, 0.6) is 5.75 Å². The Kier molecular flexibility index (Phi) is 3.65. The minimum Gasteiger partial charge on any atom is -0.490 e. The van der Waals surface area contributed by atoms with Gasteiger partial charge in [0.25, 0.3) is 0 Å². The quantitative estimate of drug-likeness (QED) is 0.844. The highest BCUT2D eigenvalue weighted by Crippen LogP contribution is 2.40. The summed E-state index contributed by atoms with van der Waals surface area (Å²) >= 11 is 1.31. The second-order valence-electron chi connectivity index (χ2n) is 4.97. The largest absolute Gasteiger partial charge is 0.490 e. The summed E-state index contributed by atoms with van der Waals surface area (Å²) in [5.74, 6) is 1.01. The fraction of sp³-hybridized carbons (Fsp3) is 0.727. The van der Waals surface area contributed by atoms with Gasteiger partial charge in [-0.3, -0.25) is 0 Å². The zero-order chi connectivity index (χ0) is 13.3. The monoisotopic (exact) mass is 273 g/mol. The molecule has 0 bridgehead atoms. The van der Waals surface area contributed by atoms with Crippen molar-refractivity contribution in [3.8, 4) is 5.75 Å². The molecule has 3 N–H and O–H groups in total. The topological polar surface area (TPSA) is 80.8 Å². The van der Waals surface area contributed by atoms with Crippen LogP contribution in [0.1, 0.15) is 13.8 Å². The second-order valence-corrected chi connectivity index (χ2v) is 5.72. The average molecular weight is 273 g/mol. The van der Waals surface area contributed by atoms with Gasteiger partial charge in [-0.1, -0.05) is 0 Å². The van der Waals surface area contributed by atoms with Crippen molar-refractivity contribution in [2.24, 2.45) is 0 Å². The van der Waals surface area contributed by atoms with Crippen LogP contribution < -0.4 is 15.4 Å². The molecule has 1 aliphatic rings. The molecule has 0 aromatic carbocycles. The maximum Gasteiger partial charge on any atom is 0.197 e. The Balaban J connectivity index is 2.26. The van der Waals surface area contributed by atoms with E-state index in [1.54, 1.807) is 7.11 Å². The van der Waals surface area contributed by atoms with E-state index in [-0.39, 0.29) is 18.3 Å². The highest BCUT2D eigenvalue weighted by Gasteiger charge is 2.35. The van der Waals surface area contributed by atoms with Crippen molar-refractivity contribution in [2.75, 3.05) is 37.4 Å². The predicted octanol–water partition coefficient (Wildman–Crippen LogP) is 0.710. The molecular formula is C11H19N3O3S. The molecule has 6 nitrogen and oxygen atoms in total. The number of rotatable bonds is 3. The summed E-state index contributed by atoms with van der Waals surface area (Å²) in [6.45, 7) is 5.31. The molecule has 0 amide bonds. The van der Waals surface area contributed by atoms with Gasteiger partial charge in [0, 0.05) is 13.1 Å². The summed E-state index contributed by atoms with van der Waals surface area (Å²) in [6.07, 6.45) is -0.207. The van der Waals surface area contributed by atoms with E-state index in [0.29, 0.717) is 24.7 Å². The van der Waals surface area contributed by atoms with Crippen LogP contribution in [0.25, 0.3) is 0 Å². The molecule has 0 spiro atoms. The van der Waals surface area contributed by atoms with Crippen LogP contribution >= 0.6 is 11.5 Å². The first-order valence-electron chi connectivity index (χ1n) is 5.79. The summed E-state index contributed by atoms with van der Waals surface area (Å²) in [4.78, 5) is 2.11. The highest BCUT2D eigenvalue weighted by molar-refractivity contribution is 7.11. The maximum atomic E-state index is 9.30. The van der Waals surface area contributed by atoms with Gasteiger partial charge in [-0.25, -0.2) is 0 Å². The number of methoxy groups -OCH3 is 1. The number of nitrogens with two attached hydrogens (primary N) is 1. The Bertz CT molecular complexity index is 422. The molecule has 1 saturated heterocycles. The third kappa shape index (κ3) is 2.52. The maximum absolute atomic E-state index is 9.30. The van der Waals surface area contributed by atoms with Crippen molar-refractivity contribution in [1.29, 1.82) is 0 Å². The first-order chi connectivity index (χ1) is 8.46. The molecule has 1 aromatic heterocycles. The molecule has 1 atom stereocenters. The number of aliphatic hydroxyl groups is 1. The molecule has 102 valence electrons. The Morgan fingerprint density at radius 3 is 3.00 bits per heavy atom. The van der Waals surface area contributed by atoms with Crippen LogP contribution in [-0.2, 0) is 4.74 Å². The summed E-state index contributed by atoms with van der Waals surface area (Å²) in [6, 6.07) is 0. The standard InChI is InChI=1S/C11H19N3O3S/c1-11(2)6-14(4-7(5-15)17-11)10-8(16-3)9(12)13-18-10/h7,15H,4-6H2,1-3H3,(H2,12,13). The van der Waals surface area contributed by atoms with Gasteiger partial charge in [-0.05, 0) is 25.4 Å². The fourth-order valence-electron chi connectivity index (χ4n) is 2.22. The van der Waals surface area contributed by atoms with E-state index >= 15 is 0 Å². The van der Waals surface area contributed by atoms with Crippen LogP contribution in [-0.4, -0.2) is 48.0 Å². The van der Waals surface area contributed by atoms with E-state index in [1.165, 1.54) is 11.5 Å². The van der Waals surface area contributed by atoms with Crippen LogP contribution in [0.4, 0.5) is 10.8 Å². The molecule has 18 heavy (non-hydrogen) atoms. The van der Waals surface area contributed by atoms with Crippen LogP contribution in [0.3, 0.4) is 0 Å². The summed E-state index contributed by atoms with van der Waals surface area (Å²) in [5.41, 5.74) is 5.44. The number of hydrogen-bond donors (Lipinski definition) is 2. The zero-order valence-corrected chi connectivity index (χ0v) is 11.7. The summed E-state index contributed by atoms with van der Waals surface area (Å²) in [7, 11) is 1.58. The van der Waals surface area contributed by atoms with E-state index < -0.39 is 0 Å². The lowest BCUT2D eigenvalue weighted by molar-refractivity contribution is -0.100. The van der Waals surface area contributed by atoms with Gasteiger partial charge in [0.05, 0.1) is 25.4 Å². The number of nitrogen functional groups attached to an aromatic ring is 1. The van der Waals surface area contributed by atoms with Crippen molar-refractivity contribution in [3.05, 3.63) is 0 Å². The van der Waals surface area contributed by atoms with Crippen LogP contribution in [0, 0.1) is 0 Å². The van der Waals surface area contributed by atoms with E-state index in [4.69, 9.17) is 15.2 Å². The minimum atomic E-state index is -0.324. The molecule has 2 heterocycles. The SMILES string of the molecule is COc1c(N)nsc1N1CC(CO)OC(C)(C)C1. The lowest BCUT2D eigenvalue weighted by Crippen LogP contribution is -2.53. The van der Waals surface area contributed by atoms with Crippen molar-refractivity contribution in [3.63, 3.8) is 0 Å². The van der Waals surface area contributed by atoms with Gasteiger partial charge in [0.2, 0.25) is 0 Å². The normalized spacial score (nSPS) is 23.1. The zero-order valence-electron chi connectivity index (χ0n) is 10.8. The lowest BCUT2D eigenvalue weighted by atomic mass is 10.1. The molecule has 0 saturated carbocycles. The molecule has 1 fully saturated rings. The number of aromatic nitrogens is 1. The number of nitrogens with zero attached hydrogens (tertiary/aromatic N) is 2.